The molecule has 0 aliphatic carbocycles. The standard InChI is InChI=1S/C92H74N4OSi2.Pt/c1-91(2,3)68-56-57-93-89(61-68)96-85-55-53-80(99(76-43-22-11-23-44-76,77-45-24-12-25-46-77)78-47-26-13-27-48-78)64-84(85)81-54-52-72(63-88(81)96)97-71-36-31-35-70(62-71)94-65-95(87-51-29-28-50-86(87)94)90-82(66-32-14-7-15-33-66)59-69(92(4,5)6)60-83(90)67-34-30-49-79(58-67)98(73-37-16-8-17-38-73,74-39-18-9-19-40-74)75-41-20-10-21-42-75;/h7-61,64H,1-6H3;/q-2;/i7D,8D,9D,10D,14D,15D,16D,17D,18D,19D,20D,21D,30D,32D,33D,34D,37D,38D,39D,40D,41D,42D,49D,58D;. The number of para-hydroxylation sites is 2. The van der Waals surface area contributed by atoms with E-state index in [1.54, 1.807) is 80.1 Å². The van der Waals surface area contributed by atoms with Gasteiger partial charge in [0.1, 0.15) is 5.82 Å². The number of nitrogens with zero attached hydrogens (tertiary/aromatic N) is 4. The van der Waals surface area contributed by atoms with Gasteiger partial charge in [0.05, 0.1) is 49.6 Å². The first-order chi connectivity index (χ1) is 58.3. The summed E-state index contributed by atoms with van der Waals surface area (Å²) in [6.07, 6.45) is 5.24. The van der Waals surface area contributed by atoms with Crippen LogP contribution in [0.1, 0.15) is 85.6 Å². The van der Waals surface area contributed by atoms with Crippen LogP contribution in [-0.2, 0) is 31.9 Å². The fraction of sp³-hybridized carbons (Fsp3) is 0.0870. The fourth-order valence-electron chi connectivity index (χ4n) is 13.5. The second kappa shape index (κ2) is 26.8. The van der Waals surface area contributed by atoms with Gasteiger partial charge in [0.25, 0.3) is 6.33 Å². The Labute approximate surface area is 637 Å². The van der Waals surface area contributed by atoms with Crippen LogP contribution in [-0.4, -0.2) is 30.3 Å². The van der Waals surface area contributed by atoms with Crippen molar-refractivity contribution < 1.29 is 63.3 Å². The van der Waals surface area contributed by atoms with Crippen LogP contribution in [0.5, 0.6) is 11.5 Å². The molecule has 0 atom stereocenters. The molecule has 13 aromatic carbocycles. The Morgan fingerprint density at radius 3 is 1.53 bits per heavy atom. The first-order valence-electron chi connectivity index (χ1n) is 44.2. The minimum Gasteiger partial charge on any atom is -0.510 e. The van der Waals surface area contributed by atoms with E-state index in [0.717, 1.165) is 27.0 Å². The van der Waals surface area contributed by atoms with Gasteiger partial charge in [0.15, 0.2) is 16.1 Å². The molecule has 0 radical (unpaired) electrons. The van der Waals surface area contributed by atoms with Crippen LogP contribution >= 0.6 is 0 Å². The predicted octanol–water partition coefficient (Wildman–Crippen LogP) is 16.3. The molecule has 3 aromatic heterocycles. The largest absolute Gasteiger partial charge is 0.510 e. The molecule has 16 rings (SSSR count). The SMILES string of the molecule is [2H]c1c([2H])c([2H])c(-c2cc(C(C)(C)C)cc(-c3c([2H])c([2H])c([2H])c([Si](c4c([2H])c([2H])c([2H])c([2H])c4[2H])(c4c([2H])c([2H])c([2H])c([2H])c4[2H])c4c([2H])c([2H])c([2H])c([2H])c4[2H])c3[2H])c2-[n+]2[c-]n(-c3[c-]c(Oc4[c-]c5c(cc4)c4cc([Si](c6ccccc6)(c6ccccc6)c6ccccc6)ccc4n5-c4cc(C(C)(C)C)ccn4)ccc3)c3ccccc32)c([2H])c1[2H].[Pt]. The Morgan fingerprint density at radius 2 is 0.940 bits per heavy atom. The molecule has 0 bridgehead atoms. The van der Waals surface area contributed by atoms with Crippen LogP contribution < -0.4 is 50.8 Å². The number of benzene rings is 13. The van der Waals surface area contributed by atoms with E-state index in [1.807, 2.05) is 36.4 Å². The molecule has 100 heavy (non-hydrogen) atoms. The van der Waals surface area contributed by atoms with Crippen LogP contribution in [0, 0.1) is 18.5 Å². The van der Waals surface area contributed by atoms with E-state index < -0.39 is 198 Å². The van der Waals surface area contributed by atoms with Gasteiger partial charge in [-0.05, 0) is 115 Å². The van der Waals surface area contributed by atoms with Gasteiger partial charge in [-0.1, -0.05) is 332 Å². The summed E-state index contributed by atoms with van der Waals surface area (Å²) in [7, 11) is -9.52. The molecule has 0 saturated carbocycles. The number of fused-ring (bicyclic) bond motifs is 4. The summed E-state index contributed by atoms with van der Waals surface area (Å²) in [6, 6.07) is 43.2. The van der Waals surface area contributed by atoms with Gasteiger partial charge in [-0.2, -0.15) is 18.2 Å². The van der Waals surface area contributed by atoms with Crippen LogP contribution in [0.4, 0.5) is 0 Å². The molecular weight excluding hydrogens is 1430 g/mol. The second-order valence-electron chi connectivity index (χ2n) is 26.1. The Hall–Kier alpha value is -10.8. The van der Waals surface area contributed by atoms with Crippen LogP contribution in [0.3, 0.4) is 0 Å². The topological polar surface area (TPSA) is 35.9 Å². The molecule has 3 heterocycles. The van der Waals surface area contributed by atoms with Crippen molar-refractivity contribution >= 4 is 90.5 Å². The minimum atomic E-state index is -6.45. The Morgan fingerprint density at radius 1 is 0.420 bits per heavy atom. The molecule has 5 nitrogen and oxygen atoms in total. The van der Waals surface area contributed by atoms with E-state index in [-0.39, 0.29) is 71.6 Å². The average molecular weight is 1530 g/mol. The van der Waals surface area contributed by atoms with Gasteiger partial charge in [-0.3, -0.25) is 4.57 Å². The van der Waals surface area contributed by atoms with E-state index >= 15 is 0 Å². The van der Waals surface area contributed by atoms with Crippen LogP contribution in [0.2, 0.25) is 0 Å². The Bertz CT molecular complexity index is 6760. The zero-order valence-electron chi connectivity index (χ0n) is 79.0. The third-order valence-electron chi connectivity index (χ3n) is 18.2. The molecule has 0 N–H and O–H groups in total. The van der Waals surface area contributed by atoms with Gasteiger partial charge in [-0.25, -0.2) is 4.98 Å². The quantitative estimate of drug-likeness (QED) is 0.0444. The summed E-state index contributed by atoms with van der Waals surface area (Å²) in [5.74, 6) is 1.09. The fourth-order valence-corrected chi connectivity index (χ4v) is 21.8. The van der Waals surface area contributed by atoms with E-state index in [2.05, 4.69) is 141 Å². The number of ether oxygens (including phenoxy) is 1. The first-order valence-corrected chi connectivity index (χ1v) is 36.2. The average Bonchev–Trinajstić information content (AvgIpc) is 0.923. The number of pyridine rings is 1. The van der Waals surface area contributed by atoms with Crippen molar-refractivity contribution in [2.75, 3.05) is 0 Å². The molecule has 0 aliphatic rings. The summed E-state index contributed by atoms with van der Waals surface area (Å²) < 4.78 is 242. The zero-order chi connectivity index (χ0) is 88.2. The molecule has 0 spiro atoms. The molecule has 0 aliphatic heterocycles. The first kappa shape index (κ1) is 42.9. The maximum atomic E-state index is 11.1. The molecule has 488 valence electrons. The van der Waals surface area contributed by atoms with Crippen molar-refractivity contribution in [3.05, 3.63) is 369 Å². The molecule has 0 unspecified atom stereocenters. The molecule has 8 heteroatoms. The van der Waals surface area contributed by atoms with Crippen molar-refractivity contribution in [3.63, 3.8) is 0 Å². The van der Waals surface area contributed by atoms with Crippen molar-refractivity contribution in [2.24, 2.45) is 0 Å². The molecule has 0 amide bonds. The molecular formula is C92H74N4OPtSi2-2. The number of imidazole rings is 1. The Balaban J connectivity index is 0.0000119. The van der Waals surface area contributed by atoms with Gasteiger partial charge in [0.2, 0.25) is 0 Å². The number of hydrogen-bond acceptors (Lipinski definition) is 2. The van der Waals surface area contributed by atoms with E-state index in [9.17, 15) is 27.4 Å². The number of rotatable bonds is 15. The summed E-state index contributed by atoms with van der Waals surface area (Å²) in [5.41, 5.74) is 0.428. The predicted molar refractivity (Wildman–Crippen MR) is 415 cm³/mol. The van der Waals surface area contributed by atoms with Crippen molar-refractivity contribution in [2.45, 2.75) is 52.4 Å². The summed E-state index contributed by atoms with van der Waals surface area (Å²) in [5, 5.41) is 2.30. The third-order valence-corrected chi connectivity index (χ3v) is 27.0. The third kappa shape index (κ3) is 11.6. The molecule has 0 fully saturated rings. The van der Waals surface area contributed by atoms with Crippen LogP contribution in [0.15, 0.2) is 339 Å². The van der Waals surface area contributed by atoms with Gasteiger partial charge in [0, 0.05) is 44.3 Å². The van der Waals surface area contributed by atoms with Crippen LogP contribution in [0.25, 0.3) is 72.3 Å². The molecule has 0 saturated heterocycles. The summed E-state index contributed by atoms with van der Waals surface area (Å²) in [6.45, 7) is 11.7. The van der Waals surface area contributed by atoms with Crippen molar-refractivity contribution in [1.29, 1.82) is 0 Å². The molecule has 16 aromatic rings. The maximum absolute atomic E-state index is 11.1. The number of aromatic nitrogens is 4. The maximum Gasteiger partial charge on any atom is 0.268 e. The normalized spacial score (nSPS) is 15.4. The minimum absolute atomic E-state index is 0. The Kier molecular flexibility index (Phi) is 11.5. The zero-order valence-corrected chi connectivity index (χ0v) is 59.3. The van der Waals surface area contributed by atoms with E-state index in [4.69, 9.17) is 15.2 Å². The monoisotopic (exact) mass is 1530 g/mol. The summed E-state index contributed by atoms with van der Waals surface area (Å²) in [4.78, 5) is 5.03. The van der Waals surface area contributed by atoms with Crippen molar-refractivity contribution in [1.82, 2.24) is 14.1 Å². The van der Waals surface area contributed by atoms with Gasteiger partial charge < -0.3 is 13.9 Å². The van der Waals surface area contributed by atoms with Crippen molar-refractivity contribution in [3.8, 4) is 50.9 Å². The smallest absolute Gasteiger partial charge is 0.268 e. The van der Waals surface area contributed by atoms with Gasteiger partial charge in [-0.15, -0.1) is 29.7 Å². The van der Waals surface area contributed by atoms with E-state index in [1.165, 1.54) is 26.2 Å². The number of hydrogen-bond donors (Lipinski definition) is 0. The van der Waals surface area contributed by atoms with Gasteiger partial charge >= 0.3 is 0 Å². The second-order valence-corrected chi connectivity index (χ2v) is 33.4. The van der Waals surface area contributed by atoms with E-state index in [0.29, 0.717) is 16.9 Å². The summed E-state index contributed by atoms with van der Waals surface area (Å²) >= 11 is 0.